The van der Waals surface area contributed by atoms with Crippen LogP contribution in [-0.4, -0.2) is 43.8 Å². The second kappa shape index (κ2) is 3.95. The fourth-order valence-corrected chi connectivity index (χ4v) is 2.04. The van der Waals surface area contributed by atoms with Crippen LogP contribution in [0.15, 0.2) is 0 Å². The van der Waals surface area contributed by atoms with Gasteiger partial charge in [0.1, 0.15) is 0 Å². The maximum absolute atomic E-state index is 6.04. The van der Waals surface area contributed by atoms with Crippen LogP contribution in [0.5, 0.6) is 0 Å². The molecule has 0 radical (unpaired) electrons. The smallest absolute Gasteiger partial charge is 0.0521 e. The van der Waals surface area contributed by atoms with Crippen molar-refractivity contribution in [2.24, 2.45) is 11.7 Å². The minimum atomic E-state index is 0.356. The second-order valence-electron chi connectivity index (χ2n) is 4.46. The van der Waals surface area contributed by atoms with Gasteiger partial charge in [-0.2, -0.15) is 0 Å². The Kier molecular flexibility index (Phi) is 2.86. The van der Waals surface area contributed by atoms with Gasteiger partial charge >= 0.3 is 0 Å². The minimum absolute atomic E-state index is 0.356. The van der Waals surface area contributed by atoms with Crippen LogP contribution in [0.25, 0.3) is 0 Å². The summed E-state index contributed by atoms with van der Waals surface area (Å²) in [5, 5.41) is 0. The monoisotopic (exact) mass is 184 g/mol. The topological polar surface area (TPSA) is 38.5 Å². The first-order valence-electron chi connectivity index (χ1n) is 5.31. The summed E-state index contributed by atoms with van der Waals surface area (Å²) < 4.78 is 5.45. The Labute approximate surface area is 80.2 Å². The Hall–Kier alpha value is -0.120. The van der Waals surface area contributed by atoms with E-state index in [9.17, 15) is 0 Å². The fourth-order valence-electron chi connectivity index (χ4n) is 2.04. The summed E-state index contributed by atoms with van der Waals surface area (Å²) >= 11 is 0. The van der Waals surface area contributed by atoms with Gasteiger partial charge in [-0.15, -0.1) is 0 Å². The summed E-state index contributed by atoms with van der Waals surface area (Å²) in [5.74, 6) is 0.555. The normalized spacial score (nSPS) is 35.3. The molecule has 2 fully saturated rings. The van der Waals surface area contributed by atoms with Crippen LogP contribution >= 0.6 is 0 Å². The molecule has 1 heterocycles. The Balaban J connectivity index is 1.77. The molecule has 2 unspecified atom stereocenters. The summed E-state index contributed by atoms with van der Waals surface area (Å²) in [6.45, 7) is 2.83. The van der Waals surface area contributed by atoms with Crippen LogP contribution in [0.1, 0.15) is 19.3 Å². The van der Waals surface area contributed by atoms with Crippen LogP contribution in [-0.2, 0) is 4.74 Å². The van der Waals surface area contributed by atoms with Crippen LogP contribution < -0.4 is 5.73 Å². The molecule has 2 aliphatic rings. The summed E-state index contributed by atoms with van der Waals surface area (Å²) in [4.78, 5) is 2.44. The Morgan fingerprint density at radius 1 is 1.38 bits per heavy atom. The highest BCUT2D eigenvalue weighted by molar-refractivity contribution is 4.86. The number of ether oxygens (including phenoxy) is 1. The summed E-state index contributed by atoms with van der Waals surface area (Å²) in [6.07, 6.45) is 3.78. The predicted molar refractivity (Wildman–Crippen MR) is 52.6 cm³/mol. The first-order valence-corrected chi connectivity index (χ1v) is 5.31. The van der Waals surface area contributed by atoms with Crippen molar-refractivity contribution in [1.29, 1.82) is 0 Å². The second-order valence-corrected chi connectivity index (χ2v) is 4.46. The molecule has 2 atom stereocenters. The van der Waals surface area contributed by atoms with Crippen LogP contribution in [0, 0.1) is 5.92 Å². The van der Waals surface area contributed by atoms with Crippen molar-refractivity contribution in [3.05, 3.63) is 0 Å². The van der Waals surface area contributed by atoms with Gasteiger partial charge in [-0.25, -0.2) is 0 Å². The van der Waals surface area contributed by atoms with Gasteiger partial charge in [-0.1, -0.05) is 0 Å². The van der Waals surface area contributed by atoms with E-state index in [0.717, 1.165) is 32.2 Å². The van der Waals surface area contributed by atoms with Gasteiger partial charge in [0.15, 0.2) is 0 Å². The molecule has 0 spiro atoms. The zero-order chi connectivity index (χ0) is 9.26. The van der Waals surface area contributed by atoms with E-state index in [0.29, 0.717) is 12.0 Å². The number of hydrogen-bond donors (Lipinski definition) is 1. The van der Waals surface area contributed by atoms with E-state index in [1.54, 1.807) is 0 Å². The van der Waals surface area contributed by atoms with Gasteiger partial charge in [-0.3, -0.25) is 0 Å². The average molecular weight is 184 g/mol. The number of nitrogens with two attached hydrogens (primary N) is 1. The predicted octanol–water partition coefficient (Wildman–Crippen LogP) is 0.444. The molecule has 1 aliphatic carbocycles. The standard InChI is InChI=1S/C10H20N2O/c1-12(9-2-3-9)6-8-7-13-5-4-10(8)11/h8-10H,2-7,11H2,1H3. The average Bonchev–Trinajstić information content (AvgIpc) is 2.91. The van der Waals surface area contributed by atoms with Gasteiger partial charge in [0, 0.05) is 31.2 Å². The van der Waals surface area contributed by atoms with Crippen molar-refractivity contribution in [2.45, 2.75) is 31.3 Å². The van der Waals surface area contributed by atoms with Crippen molar-refractivity contribution >= 4 is 0 Å². The molecule has 3 heteroatoms. The molecule has 0 bridgehead atoms. The van der Waals surface area contributed by atoms with E-state index in [1.807, 2.05) is 0 Å². The number of rotatable bonds is 3. The van der Waals surface area contributed by atoms with E-state index in [2.05, 4.69) is 11.9 Å². The highest BCUT2D eigenvalue weighted by Crippen LogP contribution is 2.27. The third kappa shape index (κ3) is 2.42. The molecule has 0 aromatic rings. The summed E-state index contributed by atoms with van der Waals surface area (Å²) in [6, 6.07) is 1.20. The van der Waals surface area contributed by atoms with E-state index in [-0.39, 0.29) is 0 Å². The highest BCUT2D eigenvalue weighted by atomic mass is 16.5. The van der Waals surface area contributed by atoms with Crippen LogP contribution in [0.4, 0.5) is 0 Å². The maximum Gasteiger partial charge on any atom is 0.0521 e. The molecule has 2 N–H and O–H groups in total. The summed E-state index contributed by atoms with van der Waals surface area (Å²) in [5.41, 5.74) is 6.04. The van der Waals surface area contributed by atoms with E-state index in [4.69, 9.17) is 10.5 Å². The minimum Gasteiger partial charge on any atom is -0.381 e. The molecule has 1 aliphatic heterocycles. The third-order valence-corrected chi connectivity index (χ3v) is 3.23. The quantitative estimate of drug-likeness (QED) is 0.692. The number of nitrogens with zero attached hydrogens (tertiary/aromatic N) is 1. The van der Waals surface area contributed by atoms with Crippen molar-refractivity contribution < 1.29 is 4.74 Å². The van der Waals surface area contributed by atoms with Crippen molar-refractivity contribution in [3.63, 3.8) is 0 Å². The van der Waals surface area contributed by atoms with Gasteiger partial charge in [0.2, 0.25) is 0 Å². The largest absolute Gasteiger partial charge is 0.381 e. The molecule has 13 heavy (non-hydrogen) atoms. The Morgan fingerprint density at radius 3 is 2.77 bits per heavy atom. The van der Waals surface area contributed by atoms with Gasteiger partial charge in [0.25, 0.3) is 0 Å². The van der Waals surface area contributed by atoms with Crippen LogP contribution in [0.2, 0.25) is 0 Å². The summed E-state index contributed by atoms with van der Waals surface area (Å²) in [7, 11) is 2.21. The molecule has 1 saturated carbocycles. The van der Waals surface area contributed by atoms with Gasteiger partial charge < -0.3 is 15.4 Å². The van der Waals surface area contributed by atoms with Crippen molar-refractivity contribution in [3.8, 4) is 0 Å². The fraction of sp³-hybridized carbons (Fsp3) is 1.00. The SMILES string of the molecule is CN(CC1COCCC1N)C1CC1. The molecular formula is C10H20N2O. The molecule has 2 rings (SSSR count). The van der Waals surface area contributed by atoms with Crippen molar-refractivity contribution in [1.82, 2.24) is 4.90 Å². The molecule has 0 aromatic carbocycles. The highest BCUT2D eigenvalue weighted by Gasteiger charge is 2.30. The lowest BCUT2D eigenvalue weighted by Gasteiger charge is -2.31. The zero-order valence-electron chi connectivity index (χ0n) is 8.41. The van der Waals surface area contributed by atoms with E-state index >= 15 is 0 Å². The lowest BCUT2D eigenvalue weighted by molar-refractivity contribution is 0.0285. The van der Waals surface area contributed by atoms with Crippen molar-refractivity contribution in [2.75, 3.05) is 26.8 Å². The molecule has 0 amide bonds. The first kappa shape index (κ1) is 9.44. The Bertz CT molecular complexity index is 170. The zero-order valence-corrected chi connectivity index (χ0v) is 8.41. The van der Waals surface area contributed by atoms with Gasteiger partial charge in [-0.05, 0) is 26.3 Å². The Morgan fingerprint density at radius 2 is 2.15 bits per heavy atom. The van der Waals surface area contributed by atoms with Crippen LogP contribution in [0.3, 0.4) is 0 Å². The molecular weight excluding hydrogens is 164 g/mol. The van der Waals surface area contributed by atoms with Gasteiger partial charge in [0.05, 0.1) is 6.61 Å². The molecule has 1 saturated heterocycles. The first-order chi connectivity index (χ1) is 6.27. The maximum atomic E-state index is 6.04. The number of hydrogen-bond acceptors (Lipinski definition) is 3. The lowest BCUT2D eigenvalue weighted by atomic mass is 9.96. The van der Waals surface area contributed by atoms with E-state index in [1.165, 1.54) is 12.8 Å². The molecule has 3 nitrogen and oxygen atoms in total. The molecule has 76 valence electrons. The third-order valence-electron chi connectivity index (χ3n) is 3.23. The lowest BCUT2D eigenvalue weighted by Crippen LogP contribution is -2.44. The van der Waals surface area contributed by atoms with E-state index < -0.39 is 0 Å². The molecule has 0 aromatic heterocycles.